The van der Waals surface area contributed by atoms with Crippen LogP contribution in [0, 0.1) is 18.8 Å². The molecular formula is C15H19NO4. The summed E-state index contributed by atoms with van der Waals surface area (Å²) in [6.45, 7) is 1.78. The maximum Gasteiger partial charge on any atom is 0.307 e. The summed E-state index contributed by atoms with van der Waals surface area (Å²) in [5, 5.41) is 21.3. The van der Waals surface area contributed by atoms with Crippen molar-refractivity contribution < 1.29 is 19.8 Å². The van der Waals surface area contributed by atoms with Gasteiger partial charge in [-0.1, -0.05) is 12.8 Å². The summed E-state index contributed by atoms with van der Waals surface area (Å²) in [7, 11) is 0. The van der Waals surface area contributed by atoms with Crippen LogP contribution in [0.25, 0.3) is 0 Å². The maximum absolute atomic E-state index is 12.3. The molecule has 1 aromatic rings. The highest BCUT2D eigenvalue weighted by molar-refractivity contribution is 5.95. The topological polar surface area (TPSA) is 86.6 Å². The van der Waals surface area contributed by atoms with Crippen LogP contribution in [0.15, 0.2) is 18.2 Å². The molecule has 0 aromatic heterocycles. The number of carboxylic acid groups (broad SMARTS) is 1. The van der Waals surface area contributed by atoms with E-state index in [1.165, 1.54) is 6.07 Å². The molecule has 1 amide bonds. The molecule has 1 saturated carbocycles. The van der Waals surface area contributed by atoms with E-state index in [4.69, 9.17) is 0 Å². The summed E-state index contributed by atoms with van der Waals surface area (Å²) in [6, 6.07) is 4.69. The molecule has 0 spiro atoms. The van der Waals surface area contributed by atoms with Crippen LogP contribution >= 0.6 is 0 Å². The Bertz CT molecular complexity index is 527. The molecule has 1 fully saturated rings. The van der Waals surface area contributed by atoms with Crippen LogP contribution in [0.1, 0.15) is 31.2 Å². The zero-order valence-corrected chi connectivity index (χ0v) is 11.4. The second kappa shape index (κ2) is 5.94. The van der Waals surface area contributed by atoms with Crippen LogP contribution in [0.5, 0.6) is 5.75 Å². The van der Waals surface area contributed by atoms with Crippen molar-refractivity contribution in [1.82, 2.24) is 0 Å². The number of aromatic hydroxyl groups is 1. The number of aryl methyl sites for hydroxylation is 1. The van der Waals surface area contributed by atoms with Crippen LogP contribution in [-0.2, 0) is 9.59 Å². The van der Waals surface area contributed by atoms with E-state index in [9.17, 15) is 19.8 Å². The van der Waals surface area contributed by atoms with Gasteiger partial charge in [0.15, 0.2) is 0 Å². The van der Waals surface area contributed by atoms with Gasteiger partial charge in [0.2, 0.25) is 5.91 Å². The Morgan fingerprint density at radius 1 is 1.20 bits per heavy atom. The first-order valence-corrected chi connectivity index (χ1v) is 6.82. The number of phenolic OH excluding ortho intramolecular Hbond substituents is 1. The predicted octanol–water partition coefficient (Wildman–Crippen LogP) is 2.53. The third-order valence-electron chi connectivity index (χ3n) is 3.89. The minimum atomic E-state index is -0.896. The molecule has 0 unspecified atom stereocenters. The van der Waals surface area contributed by atoms with Crippen molar-refractivity contribution in [3.05, 3.63) is 23.8 Å². The van der Waals surface area contributed by atoms with E-state index in [-0.39, 0.29) is 11.7 Å². The van der Waals surface area contributed by atoms with Crippen LogP contribution in [0.2, 0.25) is 0 Å². The van der Waals surface area contributed by atoms with E-state index in [2.05, 4.69) is 5.32 Å². The number of carbonyl (C=O) groups excluding carboxylic acids is 1. The smallest absolute Gasteiger partial charge is 0.307 e. The number of phenols is 1. The normalized spacial score (nSPS) is 22.2. The Hall–Kier alpha value is -2.04. The highest BCUT2D eigenvalue weighted by Crippen LogP contribution is 2.31. The van der Waals surface area contributed by atoms with E-state index < -0.39 is 17.8 Å². The summed E-state index contributed by atoms with van der Waals surface area (Å²) in [4.78, 5) is 23.5. The number of aliphatic carboxylic acids is 1. The van der Waals surface area contributed by atoms with E-state index in [1.807, 2.05) is 0 Å². The Morgan fingerprint density at radius 3 is 2.45 bits per heavy atom. The maximum atomic E-state index is 12.3. The van der Waals surface area contributed by atoms with Crippen molar-refractivity contribution in [1.29, 1.82) is 0 Å². The van der Waals surface area contributed by atoms with Gasteiger partial charge in [0, 0.05) is 5.69 Å². The van der Waals surface area contributed by atoms with Gasteiger partial charge in [-0.05, 0) is 43.5 Å². The second-order valence-electron chi connectivity index (χ2n) is 5.32. The Kier molecular flexibility index (Phi) is 4.27. The van der Waals surface area contributed by atoms with Gasteiger partial charge in [-0.15, -0.1) is 0 Å². The Balaban J connectivity index is 2.12. The van der Waals surface area contributed by atoms with Crippen LogP contribution < -0.4 is 5.32 Å². The molecule has 0 radical (unpaired) electrons. The lowest BCUT2D eigenvalue weighted by atomic mass is 9.78. The highest BCUT2D eigenvalue weighted by Gasteiger charge is 2.35. The average molecular weight is 277 g/mol. The number of hydrogen-bond donors (Lipinski definition) is 3. The van der Waals surface area contributed by atoms with Crippen molar-refractivity contribution in [2.45, 2.75) is 32.6 Å². The molecule has 1 aliphatic rings. The minimum absolute atomic E-state index is 0.140. The van der Waals surface area contributed by atoms with Gasteiger partial charge in [-0.25, -0.2) is 0 Å². The number of carbonyl (C=O) groups is 2. The van der Waals surface area contributed by atoms with E-state index in [0.717, 1.165) is 18.4 Å². The van der Waals surface area contributed by atoms with Crippen molar-refractivity contribution >= 4 is 17.6 Å². The Morgan fingerprint density at radius 2 is 1.85 bits per heavy atom. The second-order valence-corrected chi connectivity index (χ2v) is 5.32. The van der Waals surface area contributed by atoms with E-state index >= 15 is 0 Å². The van der Waals surface area contributed by atoms with Gasteiger partial charge >= 0.3 is 5.97 Å². The fourth-order valence-corrected chi connectivity index (χ4v) is 2.75. The van der Waals surface area contributed by atoms with Crippen molar-refractivity contribution in [2.24, 2.45) is 11.8 Å². The standard InChI is InChI=1S/C15H19NO4/c1-9-8-10(17)6-7-13(9)16-14(18)11-4-2-3-5-12(11)15(19)20/h6-8,11-12,17H,2-5H2,1H3,(H,16,18)(H,19,20)/t11-,12-/m1/s1. The molecule has 0 bridgehead atoms. The number of carboxylic acids is 1. The number of anilines is 1. The lowest BCUT2D eigenvalue weighted by Gasteiger charge is -2.27. The van der Waals surface area contributed by atoms with Crippen LogP contribution in [0.4, 0.5) is 5.69 Å². The van der Waals surface area contributed by atoms with Crippen molar-refractivity contribution in [3.8, 4) is 5.75 Å². The third-order valence-corrected chi connectivity index (χ3v) is 3.89. The summed E-state index contributed by atoms with van der Waals surface area (Å²) in [6.07, 6.45) is 2.91. The van der Waals surface area contributed by atoms with E-state index in [0.29, 0.717) is 18.5 Å². The third kappa shape index (κ3) is 3.10. The number of hydrogen-bond acceptors (Lipinski definition) is 3. The highest BCUT2D eigenvalue weighted by atomic mass is 16.4. The molecule has 1 aliphatic carbocycles. The monoisotopic (exact) mass is 277 g/mol. The van der Waals surface area contributed by atoms with Crippen LogP contribution in [0.3, 0.4) is 0 Å². The lowest BCUT2D eigenvalue weighted by molar-refractivity contribution is -0.147. The summed E-state index contributed by atoms with van der Waals surface area (Å²) < 4.78 is 0. The summed E-state index contributed by atoms with van der Waals surface area (Å²) >= 11 is 0. The number of rotatable bonds is 3. The zero-order chi connectivity index (χ0) is 14.7. The quantitative estimate of drug-likeness (QED) is 0.741. The molecular weight excluding hydrogens is 258 g/mol. The van der Waals surface area contributed by atoms with E-state index in [1.54, 1.807) is 19.1 Å². The van der Waals surface area contributed by atoms with Gasteiger partial charge in [-0.3, -0.25) is 9.59 Å². The Labute approximate surface area is 117 Å². The fraction of sp³-hybridized carbons (Fsp3) is 0.467. The molecule has 20 heavy (non-hydrogen) atoms. The fourth-order valence-electron chi connectivity index (χ4n) is 2.75. The zero-order valence-electron chi connectivity index (χ0n) is 11.4. The van der Waals surface area contributed by atoms with Crippen molar-refractivity contribution in [3.63, 3.8) is 0 Å². The lowest BCUT2D eigenvalue weighted by Crippen LogP contribution is -2.36. The number of benzene rings is 1. The first-order valence-electron chi connectivity index (χ1n) is 6.82. The van der Waals surface area contributed by atoms with Crippen LogP contribution in [-0.4, -0.2) is 22.1 Å². The molecule has 5 nitrogen and oxygen atoms in total. The van der Waals surface area contributed by atoms with Gasteiger partial charge in [0.25, 0.3) is 0 Å². The van der Waals surface area contributed by atoms with Gasteiger partial charge in [0.1, 0.15) is 5.75 Å². The molecule has 1 aromatic carbocycles. The predicted molar refractivity (Wildman–Crippen MR) is 74.6 cm³/mol. The molecule has 3 N–H and O–H groups in total. The average Bonchev–Trinajstić information content (AvgIpc) is 2.41. The minimum Gasteiger partial charge on any atom is -0.508 e. The summed E-state index contributed by atoms with van der Waals surface area (Å²) in [5.41, 5.74) is 1.36. The SMILES string of the molecule is Cc1cc(O)ccc1NC(=O)[C@@H]1CCCC[C@H]1C(=O)O. The summed E-state index contributed by atoms with van der Waals surface area (Å²) in [5.74, 6) is -2.07. The number of amides is 1. The molecule has 0 aliphatic heterocycles. The molecule has 5 heteroatoms. The molecule has 108 valence electrons. The largest absolute Gasteiger partial charge is 0.508 e. The van der Waals surface area contributed by atoms with Gasteiger partial charge in [0.05, 0.1) is 11.8 Å². The molecule has 2 rings (SSSR count). The van der Waals surface area contributed by atoms with Crippen molar-refractivity contribution in [2.75, 3.05) is 5.32 Å². The first-order chi connectivity index (χ1) is 9.49. The molecule has 2 atom stereocenters. The molecule has 0 heterocycles. The van der Waals surface area contributed by atoms with Gasteiger partial charge in [-0.2, -0.15) is 0 Å². The number of nitrogens with one attached hydrogen (secondary N) is 1. The van der Waals surface area contributed by atoms with Gasteiger partial charge < -0.3 is 15.5 Å². The molecule has 0 saturated heterocycles. The first kappa shape index (κ1) is 14.4.